The van der Waals surface area contributed by atoms with Crippen LogP contribution >= 0.6 is 0 Å². The first kappa shape index (κ1) is 15.6. The molecule has 0 radical (unpaired) electrons. The van der Waals surface area contributed by atoms with Gasteiger partial charge in [-0.25, -0.2) is 0 Å². The van der Waals surface area contributed by atoms with Gasteiger partial charge in [-0.05, 0) is 67.5 Å². The second-order valence-corrected chi connectivity index (χ2v) is 6.09. The van der Waals surface area contributed by atoms with Gasteiger partial charge in [0, 0.05) is 24.3 Å². The minimum atomic E-state index is 0.0399. The van der Waals surface area contributed by atoms with E-state index in [1.807, 2.05) is 36.4 Å². The van der Waals surface area contributed by atoms with E-state index in [-0.39, 0.29) is 5.91 Å². The molecule has 2 N–H and O–H groups in total. The number of rotatable bonds is 6. The van der Waals surface area contributed by atoms with Crippen molar-refractivity contribution in [3.63, 3.8) is 0 Å². The zero-order chi connectivity index (χ0) is 15.9. The Morgan fingerprint density at radius 1 is 0.913 bits per heavy atom. The minimum Gasteiger partial charge on any atom is -0.385 e. The second-order valence-electron chi connectivity index (χ2n) is 6.09. The van der Waals surface area contributed by atoms with Gasteiger partial charge in [-0.2, -0.15) is 0 Å². The quantitative estimate of drug-likeness (QED) is 0.797. The number of aryl methyl sites for hydroxylation is 2. The lowest BCUT2D eigenvalue weighted by Crippen LogP contribution is -2.26. The molecule has 3 heteroatoms. The zero-order valence-electron chi connectivity index (χ0n) is 13.5. The molecular weight excluding hydrogens is 284 g/mol. The zero-order valence-corrected chi connectivity index (χ0v) is 13.5. The molecule has 1 amide bonds. The molecular formula is C20H24N2O. The van der Waals surface area contributed by atoms with Crippen LogP contribution in [0.1, 0.15) is 40.7 Å². The van der Waals surface area contributed by atoms with Crippen LogP contribution in [0.3, 0.4) is 0 Å². The summed E-state index contributed by atoms with van der Waals surface area (Å²) in [6.45, 7) is 1.55. The summed E-state index contributed by atoms with van der Waals surface area (Å²) in [4.78, 5) is 12.2. The number of benzene rings is 2. The Hall–Kier alpha value is -2.29. The Labute approximate surface area is 138 Å². The first-order valence-electron chi connectivity index (χ1n) is 8.52. The largest absolute Gasteiger partial charge is 0.385 e. The number of para-hydroxylation sites is 1. The van der Waals surface area contributed by atoms with E-state index < -0.39 is 0 Å². The van der Waals surface area contributed by atoms with Crippen LogP contribution in [0.25, 0.3) is 0 Å². The molecule has 0 saturated heterocycles. The number of carbonyl (C=O) groups excluding carboxylic acids is 1. The fraction of sp³-hybridized carbons (Fsp3) is 0.350. The van der Waals surface area contributed by atoms with Crippen molar-refractivity contribution in [3.8, 4) is 0 Å². The van der Waals surface area contributed by atoms with E-state index in [2.05, 4.69) is 22.8 Å². The Morgan fingerprint density at radius 2 is 1.70 bits per heavy atom. The van der Waals surface area contributed by atoms with Crippen molar-refractivity contribution in [3.05, 3.63) is 65.2 Å². The Kier molecular flexibility index (Phi) is 5.30. The first-order valence-corrected chi connectivity index (χ1v) is 8.52. The van der Waals surface area contributed by atoms with E-state index in [9.17, 15) is 4.79 Å². The van der Waals surface area contributed by atoms with E-state index in [1.54, 1.807) is 0 Å². The number of nitrogens with one attached hydrogen (secondary N) is 2. The molecule has 3 rings (SSSR count). The van der Waals surface area contributed by atoms with Crippen molar-refractivity contribution in [1.29, 1.82) is 0 Å². The maximum absolute atomic E-state index is 12.2. The van der Waals surface area contributed by atoms with Crippen molar-refractivity contribution in [1.82, 2.24) is 5.32 Å². The lowest BCUT2D eigenvalue weighted by Gasteiger charge is -2.16. The minimum absolute atomic E-state index is 0.0399. The van der Waals surface area contributed by atoms with Crippen LogP contribution in [-0.4, -0.2) is 19.0 Å². The van der Waals surface area contributed by atoms with Gasteiger partial charge in [0.1, 0.15) is 0 Å². The van der Waals surface area contributed by atoms with Gasteiger partial charge in [0.05, 0.1) is 0 Å². The fourth-order valence-electron chi connectivity index (χ4n) is 3.06. The molecule has 0 atom stereocenters. The number of carbonyl (C=O) groups is 1. The van der Waals surface area contributed by atoms with Crippen LogP contribution in [0.15, 0.2) is 48.5 Å². The highest BCUT2D eigenvalue weighted by Gasteiger charge is 2.12. The highest BCUT2D eigenvalue weighted by atomic mass is 16.1. The summed E-state index contributed by atoms with van der Waals surface area (Å²) in [5.41, 5.74) is 4.68. The molecule has 0 unspecified atom stereocenters. The van der Waals surface area contributed by atoms with Gasteiger partial charge in [0.15, 0.2) is 0 Å². The van der Waals surface area contributed by atoms with Crippen LogP contribution in [0.4, 0.5) is 5.69 Å². The topological polar surface area (TPSA) is 41.1 Å². The Bertz CT molecular complexity index is 652. The molecule has 0 aliphatic heterocycles. The number of amides is 1. The molecule has 1 aliphatic carbocycles. The SMILES string of the molecule is O=C(NCCCNc1ccccc1)c1ccc2c(c1)CCCC2. The average molecular weight is 308 g/mol. The van der Waals surface area contributed by atoms with Crippen molar-refractivity contribution in [2.45, 2.75) is 32.1 Å². The van der Waals surface area contributed by atoms with Crippen LogP contribution in [-0.2, 0) is 12.8 Å². The summed E-state index contributed by atoms with van der Waals surface area (Å²) in [6, 6.07) is 16.3. The van der Waals surface area contributed by atoms with E-state index in [1.165, 1.54) is 24.0 Å². The van der Waals surface area contributed by atoms with Crippen molar-refractivity contribution in [2.24, 2.45) is 0 Å². The van der Waals surface area contributed by atoms with Gasteiger partial charge in [0.2, 0.25) is 0 Å². The number of hydrogen-bond acceptors (Lipinski definition) is 2. The molecule has 0 saturated carbocycles. The molecule has 0 bridgehead atoms. The van der Waals surface area contributed by atoms with Crippen LogP contribution in [0.2, 0.25) is 0 Å². The first-order chi connectivity index (χ1) is 11.3. The Balaban J connectivity index is 1.42. The highest BCUT2D eigenvalue weighted by Crippen LogP contribution is 2.22. The van der Waals surface area contributed by atoms with Gasteiger partial charge in [0.25, 0.3) is 5.91 Å². The van der Waals surface area contributed by atoms with Gasteiger partial charge < -0.3 is 10.6 Å². The predicted octanol–water partition coefficient (Wildman–Crippen LogP) is 3.80. The predicted molar refractivity (Wildman–Crippen MR) is 95.0 cm³/mol. The van der Waals surface area contributed by atoms with Gasteiger partial charge in [-0.1, -0.05) is 24.3 Å². The maximum atomic E-state index is 12.2. The second kappa shape index (κ2) is 7.82. The number of hydrogen-bond donors (Lipinski definition) is 2. The Morgan fingerprint density at radius 3 is 2.52 bits per heavy atom. The highest BCUT2D eigenvalue weighted by molar-refractivity contribution is 5.94. The van der Waals surface area contributed by atoms with Crippen molar-refractivity contribution in [2.75, 3.05) is 18.4 Å². The normalized spacial score (nSPS) is 13.2. The summed E-state index contributed by atoms with van der Waals surface area (Å²) in [5, 5.41) is 6.36. The van der Waals surface area contributed by atoms with Crippen molar-refractivity contribution < 1.29 is 4.79 Å². The fourth-order valence-corrected chi connectivity index (χ4v) is 3.06. The van der Waals surface area contributed by atoms with Crippen LogP contribution in [0.5, 0.6) is 0 Å². The van der Waals surface area contributed by atoms with Gasteiger partial charge in [-0.3, -0.25) is 4.79 Å². The van der Waals surface area contributed by atoms with Crippen LogP contribution < -0.4 is 10.6 Å². The van der Waals surface area contributed by atoms with Gasteiger partial charge in [-0.15, -0.1) is 0 Å². The van der Waals surface area contributed by atoms with Crippen LogP contribution in [0, 0.1) is 0 Å². The standard InChI is InChI=1S/C20H24N2O/c23-20(18-12-11-16-7-4-5-8-17(16)15-18)22-14-6-13-21-19-9-2-1-3-10-19/h1-3,9-12,15,21H,4-8,13-14H2,(H,22,23). The summed E-state index contributed by atoms with van der Waals surface area (Å²) >= 11 is 0. The van der Waals surface area contributed by atoms with E-state index in [4.69, 9.17) is 0 Å². The summed E-state index contributed by atoms with van der Waals surface area (Å²) in [5.74, 6) is 0.0399. The molecule has 0 spiro atoms. The molecule has 0 heterocycles. The third-order valence-corrected chi connectivity index (χ3v) is 4.35. The third kappa shape index (κ3) is 4.35. The van der Waals surface area contributed by atoms with E-state index in [0.717, 1.165) is 37.1 Å². The molecule has 1 aliphatic rings. The summed E-state index contributed by atoms with van der Waals surface area (Å²) in [7, 11) is 0. The summed E-state index contributed by atoms with van der Waals surface area (Å²) in [6.07, 6.45) is 5.68. The molecule has 0 aromatic heterocycles. The van der Waals surface area contributed by atoms with E-state index >= 15 is 0 Å². The average Bonchev–Trinajstić information content (AvgIpc) is 2.61. The van der Waals surface area contributed by atoms with Crippen molar-refractivity contribution >= 4 is 11.6 Å². The lowest BCUT2D eigenvalue weighted by molar-refractivity contribution is 0.0953. The molecule has 120 valence electrons. The molecule has 0 fully saturated rings. The number of fused-ring (bicyclic) bond motifs is 1. The molecule has 2 aromatic rings. The lowest BCUT2D eigenvalue weighted by atomic mass is 9.90. The summed E-state index contributed by atoms with van der Waals surface area (Å²) < 4.78 is 0. The monoisotopic (exact) mass is 308 g/mol. The van der Waals surface area contributed by atoms with Gasteiger partial charge >= 0.3 is 0 Å². The maximum Gasteiger partial charge on any atom is 0.251 e. The molecule has 23 heavy (non-hydrogen) atoms. The molecule has 3 nitrogen and oxygen atoms in total. The smallest absolute Gasteiger partial charge is 0.251 e. The van der Waals surface area contributed by atoms with E-state index in [0.29, 0.717) is 6.54 Å². The molecule has 2 aromatic carbocycles. The number of anilines is 1. The third-order valence-electron chi connectivity index (χ3n) is 4.35.